The minimum absolute atomic E-state index is 0.0522. The van der Waals surface area contributed by atoms with Crippen LogP contribution in [0.3, 0.4) is 0 Å². The topological polar surface area (TPSA) is 117 Å². The molecule has 0 atom stereocenters. The molecule has 2 aromatic rings. The predicted octanol–water partition coefficient (Wildman–Crippen LogP) is 5.37. The molecular formula is C25H35N3O5S3. The number of amides is 2. The molecule has 1 fully saturated rings. The molecule has 0 spiro atoms. The number of thiazole rings is 1. The van der Waals surface area contributed by atoms with Crippen LogP contribution in [-0.4, -0.2) is 59.5 Å². The predicted molar refractivity (Wildman–Crippen MR) is 145 cm³/mol. The van der Waals surface area contributed by atoms with E-state index in [9.17, 15) is 23.1 Å². The average molecular weight is 554 g/mol. The van der Waals surface area contributed by atoms with E-state index in [0.29, 0.717) is 12.5 Å². The second kappa shape index (κ2) is 12.4. The molecule has 1 saturated carbocycles. The number of hydrogen-bond donors (Lipinski definition) is 2. The minimum Gasteiger partial charge on any atom is -0.481 e. The number of urea groups is 1. The molecule has 1 heterocycles. The highest BCUT2D eigenvalue weighted by Crippen LogP contribution is 2.31. The van der Waals surface area contributed by atoms with Gasteiger partial charge in [0, 0.05) is 24.1 Å². The number of nitrogens with one attached hydrogen (secondary N) is 1. The Morgan fingerprint density at radius 3 is 2.50 bits per heavy atom. The molecule has 1 aliphatic carbocycles. The summed E-state index contributed by atoms with van der Waals surface area (Å²) in [6.45, 7) is 5.57. The van der Waals surface area contributed by atoms with E-state index < -0.39 is 27.0 Å². The smallest absolute Gasteiger partial charge is 0.323 e. The lowest BCUT2D eigenvalue weighted by atomic mass is 9.86. The Balaban J connectivity index is 1.65. The molecule has 2 N–H and O–H groups in total. The van der Waals surface area contributed by atoms with E-state index in [1.165, 1.54) is 25.6 Å². The number of anilines is 1. The first-order chi connectivity index (χ1) is 17.0. The first-order valence-corrected chi connectivity index (χ1v) is 15.7. The zero-order valence-corrected chi connectivity index (χ0v) is 23.4. The molecule has 198 valence electrons. The van der Waals surface area contributed by atoms with Gasteiger partial charge in [0.25, 0.3) is 0 Å². The van der Waals surface area contributed by atoms with E-state index in [4.69, 9.17) is 0 Å². The van der Waals surface area contributed by atoms with Crippen LogP contribution in [0.15, 0.2) is 40.7 Å². The lowest BCUT2D eigenvalue weighted by Crippen LogP contribution is -2.45. The second-order valence-corrected chi connectivity index (χ2v) is 14.4. The summed E-state index contributed by atoms with van der Waals surface area (Å²) in [7, 11) is -3.86. The van der Waals surface area contributed by atoms with Crippen LogP contribution < -0.4 is 5.32 Å². The molecule has 1 aromatic heterocycles. The van der Waals surface area contributed by atoms with Gasteiger partial charge in [-0.25, -0.2) is 18.2 Å². The minimum atomic E-state index is -3.86. The Morgan fingerprint density at radius 2 is 1.86 bits per heavy atom. The van der Waals surface area contributed by atoms with Crippen molar-refractivity contribution in [3.05, 3.63) is 42.1 Å². The number of sulfone groups is 1. The van der Waals surface area contributed by atoms with Gasteiger partial charge in [0.2, 0.25) is 0 Å². The second-order valence-electron chi connectivity index (χ2n) is 10.0. The number of aromatic nitrogens is 1. The Bertz CT molecular complexity index is 1130. The highest BCUT2D eigenvalue weighted by molar-refractivity contribution is 7.98. The summed E-state index contributed by atoms with van der Waals surface area (Å²) in [5, 5.41) is 12.3. The van der Waals surface area contributed by atoms with Crippen molar-refractivity contribution in [1.29, 1.82) is 0 Å². The highest BCUT2D eigenvalue weighted by Gasteiger charge is 2.35. The summed E-state index contributed by atoms with van der Waals surface area (Å²) >= 11 is 2.63. The van der Waals surface area contributed by atoms with Gasteiger partial charge in [-0.2, -0.15) is 11.8 Å². The van der Waals surface area contributed by atoms with Crippen LogP contribution in [0.2, 0.25) is 0 Å². The summed E-state index contributed by atoms with van der Waals surface area (Å²) in [6.07, 6.45) is 5.23. The van der Waals surface area contributed by atoms with Gasteiger partial charge in [-0.05, 0) is 51.0 Å². The van der Waals surface area contributed by atoms with E-state index in [1.54, 1.807) is 11.8 Å². The Kier molecular flexibility index (Phi) is 9.82. The normalized spacial score (nSPS) is 18.5. The number of thioether (sulfide) groups is 1. The van der Waals surface area contributed by atoms with Crippen LogP contribution in [-0.2, 0) is 20.4 Å². The number of carbonyl (C=O) groups excluding carboxylic acids is 1. The number of nitrogens with zero attached hydrogens (tertiary/aromatic N) is 2. The SMILES string of the molecule is CC1CCC(N(CCSCc2ccccc2)C(=O)Nc2ncc(S(=O)(=O)CC(C)(C)C(=O)O)s2)CC1. The molecule has 0 radical (unpaired) electrons. The van der Waals surface area contributed by atoms with Crippen LogP contribution in [0.5, 0.6) is 0 Å². The molecule has 11 heteroatoms. The van der Waals surface area contributed by atoms with Crippen LogP contribution in [0.1, 0.15) is 52.0 Å². The van der Waals surface area contributed by atoms with E-state index >= 15 is 0 Å². The van der Waals surface area contributed by atoms with E-state index in [0.717, 1.165) is 48.5 Å². The first-order valence-electron chi connectivity index (χ1n) is 12.1. The van der Waals surface area contributed by atoms with Crippen LogP contribution in [0, 0.1) is 11.3 Å². The van der Waals surface area contributed by atoms with E-state index in [2.05, 4.69) is 29.4 Å². The monoisotopic (exact) mass is 553 g/mol. The number of rotatable bonds is 11. The van der Waals surface area contributed by atoms with Gasteiger partial charge in [-0.15, -0.1) is 0 Å². The molecular weight excluding hydrogens is 518 g/mol. The maximum Gasteiger partial charge on any atom is 0.323 e. The van der Waals surface area contributed by atoms with Crippen molar-refractivity contribution < 1.29 is 23.1 Å². The third-order valence-corrected chi connectivity index (χ3v) is 11.0. The molecule has 0 unspecified atom stereocenters. The quantitative estimate of drug-likeness (QED) is 0.359. The summed E-state index contributed by atoms with van der Waals surface area (Å²) in [5.41, 5.74) is -0.189. The van der Waals surface area contributed by atoms with Gasteiger partial charge in [-0.1, -0.05) is 48.6 Å². The van der Waals surface area contributed by atoms with Crippen LogP contribution in [0.4, 0.5) is 9.93 Å². The van der Waals surface area contributed by atoms with Crippen molar-refractivity contribution >= 4 is 50.1 Å². The average Bonchev–Trinajstić information content (AvgIpc) is 3.29. The van der Waals surface area contributed by atoms with Crippen LogP contribution >= 0.6 is 23.1 Å². The van der Waals surface area contributed by atoms with Crippen molar-refractivity contribution in [3.63, 3.8) is 0 Å². The van der Waals surface area contributed by atoms with Crippen molar-refractivity contribution in [2.45, 2.75) is 62.5 Å². The standard InChI is InChI=1S/C25H35N3O5S3/c1-18-9-11-20(12-10-18)28(13-14-34-16-19-7-5-4-6-8-19)24(31)27-23-26-15-21(35-23)36(32,33)17-25(2,3)22(29)30/h4-8,15,18,20H,9-14,16-17H2,1-3H3,(H,29,30)(H,26,27,31). The van der Waals surface area contributed by atoms with Crippen LogP contribution in [0.25, 0.3) is 0 Å². The fourth-order valence-electron chi connectivity index (χ4n) is 4.16. The molecule has 8 nitrogen and oxygen atoms in total. The summed E-state index contributed by atoms with van der Waals surface area (Å²) in [5.74, 6) is 0.580. The lowest BCUT2D eigenvalue weighted by molar-refractivity contribution is -0.145. The number of hydrogen-bond acceptors (Lipinski definition) is 7. The summed E-state index contributed by atoms with van der Waals surface area (Å²) < 4.78 is 25.4. The molecule has 1 aromatic carbocycles. The highest BCUT2D eigenvalue weighted by atomic mass is 32.2. The third-order valence-electron chi connectivity index (χ3n) is 6.41. The van der Waals surface area contributed by atoms with E-state index in [1.807, 2.05) is 23.1 Å². The van der Waals surface area contributed by atoms with E-state index in [-0.39, 0.29) is 21.4 Å². The van der Waals surface area contributed by atoms with Gasteiger partial charge < -0.3 is 10.0 Å². The third kappa shape index (κ3) is 7.94. The zero-order valence-electron chi connectivity index (χ0n) is 21.0. The molecule has 0 bridgehead atoms. The van der Waals surface area contributed by atoms with Crippen molar-refractivity contribution in [2.75, 3.05) is 23.4 Å². The fraction of sp³-hybridized carbons (Fsp3) is 0.560. The first kappa shape index (κ1) is 28.5. The maximum absolute atomic E-state index is 13.3. The number of carboxylic acid groups (broad SMARTS) is 1. The number of benzene rings is 1. The number of aliphatic carboxylic acids is 1. The van der Waals surface area contributed by atoms with Gasteiger partial charge in [-0.3, -0.25) is 10.1 Å². The number of carbonyl (C=O) groups is 2. The lowest BCUT2D eigenvalue weighted by Gasteiger charge is -2.36. The fourth-order valence-corrected chi connectivity index (χ4v) is 7.95. The summed E-state index contributed by atoms with van der Waals surface area (Å²) in [6, 6.07) is 10.1. The van der Waals surface area contributed by atoms with Gasteiger partial charge >= 0.3 is 12.0 Å². The van der Waals surface area contributed by atoms with Crippen molar-refractivity contribution in [2.24, 2.45) is 11.3 Å². The molecule has 2 amide bonds. The molecule has 36 heavy (non-hydrogen) atoms. The van der Waals surface area contributed by atoms with Gasteiger partial charge in [0.05, 0.1) is 17.4 Å². The molecule has 3 rings (SSSR count). The van der Waals surface area contributed by atoms with Crippen molar-refractivity contribution in [3.8, 4) is 0 Å². The molecule has 0 aliphatic heterocycles. The Hall–Kier alpha value is -2.11. The molecule has 1 aliphatic rings. The maximum atomic E-state index is 13.3. The summed E-state index contributed by atoms with van der Waals surface area (Å²) in [4.78, 5) is 30.6. The molecule has 0 saturated heterocycles. The Labute approximate surface area is 221 Å². The van der Waals surface area contributed by atoms with Gasteiger partial charge in [0.15, 0.2) is 15.0 Å². The largest absolute Gasteiger partial charge is 0.481 e. The Morgan fingerprint density at radius 1 is 1.19 bits per heavy atom. The van der Waals surface area contributed by atoms with Crippen molar-refractivity contribution in [1.82, 2.24) is 9.88 Å². The van der Waals surface area contributed by atoms with Gasteiger partial charge in [0.1, 0.15) is 4.21 Å². The zero-order chi connectivity index (χ0) is 26.3. The number of carboxylic acids is 1.